The number of nitrogen functional groups attached to an aromatic ring is 1. The number of hydrogen-bond acceptors (Lipinski definition) is 8. The maximum atomic E-state index is 11.9. The number of imidazole rings is 1. The SMILES string of the molecule is Nc1ncnc2c1ncn2C[C@H]1CO[C@@H](COC(=O)c2ccccc2)O1. The highest BCUT2D eigenvalue weighted by Crippen LogP contribution is 2.18. The van der Waals surface area contributed by atoms with Crippen LogP contribution >= 0.6 is 0 Å². The summed E-state index contributed by atoms with van der Waals surface area (Å²) in [5.74, 6) is -0.0722. The molecule has 3 aromatic rings. The number of ether oxygens (including phenoxy) is 3. The molecule has 0 radical (unpaired) electrons. The molecule has 4 rings (SSSR count). The Hall–Kier alpha value is -3.04. The van der Waals surface area contributed by atoms with Gasteiger partial charge in [0.2, 0.25) is 0 Å². The molecule has 1 fully saturated rings. The molecule has 0 saturated carbocycles. The summed E-state index contributed by atoms with van der Waals surface area (Å²) < 4.78 is 18.4. The summed E-state index contributed by atoms with van der Waals surface area (Å²) in [6.07, 6.45) is 2.24. The van der Waals surface area contributed by atoms with Gasteiger partial charge in [-0.15, -0.1) is 0 Å². The maximum Gasteiger partial charge on any atom is 0.338 e. The Morgan fingerprint density at radius 2 is 2.12 bits per heavy atom. The van der Waals surface area contributed by atoms with E-state index in [4.69, 9.17) is 19.9 Å². The lowest BCUT2D eigenvalue weighted by atomic mass is 10.2. The van der Waals surface area contributed by atoms with Crippen molar-refractivity contribution >= 4 is 23.0 Å². The largest absolute Gasteiger partial charge is 0.457 e. The molecule has 2 aromatic heterocycles. The molecular formula is C17H17N5O4. The van der Waals surface area contributed by atoms with Gasteiger partial charge in [-0.1, -0.05) is 18.2 Å². The number of nitrogens with zero attached hydrogens (tertiary/aromatic N) is 4. The lowest BCUT2D eigenvalue weighted by Gasteiger charge is -2.12. The number of benzene rings is 1. The van der Waals surface area contributed by atoms with E-state index in [1.54, 1.807) is 30.6 Å². The number of esters is 1. The Balaban J connectivity index is 1.32. The molecule has 0 spiro atoms. The van der Waals surface area contributed by atoms with Crippen LogP contribution in [0.5, 0.6) is 0 Å². The van der Waals surface area contributed by atoms with Gasteiger partial charge in [0.25, 0.3) is 0 Å². The number of carbonyl (C=O) groups is 1. The van der Waals surface area contributed by atoms with Crippen molar-refractivity contribution in [2.45, 2.75) is 18.9 Å². The Kier molecular flexibility index (Phi) is 4.46. The molecule has 1 saturated heterocycles. The summed E-state index contributed by atoms with van der Waals surface area (Å²) in [4.78, 5) is 24.3. The molecule has 0 amide bonds. The van der Waals surface area contributed by atoms with E-state index in [9.17, 15) is 4.79 Å². The first kappa shape index (κ1) is 16.4. The van der Waals surface area contributed by atoms with Crippen LogP contribution in [0.2, 0.25) is 0 Å². The van der Waals surface area contributed by atoms with Crippen molar-refractivity contribution in [1.29, 1.82) is 0 Å². The minimum Gasteiger partial charge on any atom is -0.457 e. The Morgan fingerprint density at radius 3 is 2.96 bits per heavy atom. The van der Waals surface area contributed by atoms with Gasteiger partial charge in [-0.2, -0.15) is 0 Å². The fourth-order valence-corrected chi connectivity index (χ4v) is 2.74. The van der Waals surface area contributed by atoms with Gasteiger partial charge in [-0.05, 0) is 12.1 Å². The first-order valence-electron chi connectivity index (χ1n) is 8.11. The van der Waals surface area contributed by atoms with E-state index < -0.39 is 12.3 Å². The lowest BCUT2D eigenvalue weighted by molar-refractivity contribution is -0.0939. The van der Waals surface area contributed by atoms with Crippen molar-refractivity contribution in [3.05, 3.63) is 48.5 Å². The maximum absolute atomic E-state index is 11.9. The predicted molar refractivity (Wildman–Crippen MR) is 91.1 cm³/mol. The summed E-state index contributed by atoms with van der Waals surface area (Å²) in [7, 11) is 0. The third-order valence-corrected chi connectivity index (χ3v) is 4.00. The van der Waals surface area contributed by atoms with Crippen LogP contribution in [0.1, 0.15) is 10.4 Å². The van der Waals surface area contributed by atoms with Crippen LogP contribution in [-0.2, 0) is 20.8 Å². The van der Waals surface area contributed by atoms with Crippen molar-refractivity contribution < 1.29 is 19.0 Å². The molecule has 0 unspecified atom stereocenters. The van der Waals surface area contributed by atoms with E-state index >= 15 is 0 Å². The quantitative estimate of drug-likeness (QED) is 0.674. The summed E-state index contributed by atoms with van der Waals surface area (Å²) >= 11 is 0. The number of anilines is 1. The van der Waals surface area contributed by atoms with E-state index in [-0.39, 0.29) is 12.7 Å². The summed E-state index contributed by atoms with van der Waals surface area (Å²) in [6.45, 7) is 0.911. The Labute approximate surface area is 148 Å². The zero-order valence-electron chi connectivity index (χ0n) is 13.8. The van der Waals surface area contributed by atoms with E-state index in [1.165, 1.54) is 6.33 Å². The van der Waals surface area contributed by atoms with Gasteiger partial charge in [-0.3, -0.25) is 0 Å². The van der Waals surface area contributed by atoms with Gasteiger partial charge in [0.1, 0.15) is 24.6 Å². The molecule has 134 valence electrons. The van der Waals surface area contributed by atoms with Crippen molar-refractivity contribution in [3.8, 4) is 0 Å². The monoisotopic (exact) mass is 355 g/mol. The van der Waals surface area contributed by atoms with Crippen LogP contribution in [-0.4, -0.2) is 51.1 Å². The van der Waals surface area contributed by atoms with Crippen molar-refractivity contribution in [3.63, 3.8) is 0 Å². The van der Waals surface area contributed by atoms with Crippen LogP contribution < -0.4 is 5.73 Å². The Morgan fingerprint density at radius 1 is 1.27 bits per heavy atom. The smallest absolute Gasteiger partial charge is 0.338 e. The molecule has 3 heterocycles. The van der Waals surface area contributed by atoms with Gasteiger partial charge in [-0.25, -0.2) is 19.7 Å². The van der Waals surface area contributed by atoms with Gasteiger partial charge in [0, 0.05) is 0 Å². The van der Waals surface area contributed by atoms with E-state index in [0.29, 0.717) is 35.7 Å². The average molecular weight is 355 g/mol. The zero-order chi connectivity index (χ0) is 17.9. The fourth-order valence-electron chi connectivity index (χ4n) is 2.74. The number of rotatable bonds is 5. The van der Waals surface area contributed by atoms with E-state index in [0.717, 1.165) is 0 Å². The second-order valence-corrected chi connectivity index (χ2v) is 5.81. The summed E-state index contributed by atoms with van der Waals surface area (Å²) in [5, 5.41) is 0. The van der Waals surface area contributed by atoms with Crippen LogP contribution in [0.4, 0.5) is 5.82 Å². The van der Waals surface area contributed by atoms with Crippen LogP contribution in [0.3, 0.4) is 0 Å². The molecular weight excluding hydrogens is 338 g/mol. The molecule has 9 heteroatoms. The van der Waals surface area contributed by atoms with Crippen LogP contribution in [0.25, 0.3) is 11.2 Å². The Bertz CT molecular complexity index is 914. The molecule has 0 bridgehead atoms. The topological polar surface area (TPSA) is 114 Å². The first-order valence-corrected chi connectivity index (χ1v) is 8.11. The summed E-state index contributed by atoms with van der Waals surface area (Å²) in [6, 6.07) is 8.78. The number of carbonyl (C=O) groups excluding carboxylic acids is 1. The number of hydrogen-bond donors (Lipinski definition) is 1. The normalized spacial score (nSPS) is 19.7. The molecule has 2 N–H and O–H groups in total. The van der Waals surface area contributed by atoms with Crippen LogP contribution in [0, 0.1) is 0 Å². The molecule has 26 heavy (non-hydrogen) atoms. The van der Waals surface area contributed by atoms with Gasteiger partial charge < -0.3 is 24.5 Å². The number of fused-ring (bicyclic) bond motifs is 1. The number of nitrogens with two attached hydrogens (primary N) is 1. The molecule has 0 aliphatic carbocycles. The van der Waals surface area contributed by atoms with E-state index in [1.807, 2.05) is 10.6 Å². The molecule has 1 aliphatic heterocycles. The average Bonchev–Trinajstić information content (AvgIpc) is 3.29. The fraction of sp³-hybridized carbons (Fsp3) is 0.294. The minimum atomic E-state index is -0.595. The molecule has 1 aromatic carbocycles. The standard InChI is InChI=1S/C17H17N5O4/c18-15-14-16(20-9-19-15)22(10-21-14)6-12-7-24-13(26-12)8-25-17(23)11-4-2-1-3-5-11/h1-5,9-10,12-13H,6-8H2,(H2,18,19,20)/t12-,13+/m0/s1. The first-order chi connectivity index (χ1) is 12.7. The van der Waals surface area contributed by atoms with Crippen molar-refractivity contribution in [2.75, 3.05) is 18.9 Å². The van der Waals surface area contributed by atoms with Crippen LogP contribution in [0.15, 0.2) is 43.0 Å². The highest BCUT2D eigenvalue weighted by atomic mass is 16.7. The third-order valence-electron chi connectivity index (χ3n) is 4.00. The van der Waals surface area contributed by atoms with Crippen molar-refractivity contribution in [1.82, 2.24) is 19.5 Å². The van der Waals surface area contributed by atoms with Gasteiger partial charge >= 0.3 is 5.97 Å². The molecule has 2 atom stereocenters. The predicted octanol–water partition coefficient (Wildman–Crippen LogP) is 1.01. The third kappa shape index (κ3) is 3.35. The second-order valence-electron chi connectivity index (χ2n) is 5.81. The highest BCUT2D eigenvalue weighted by molar-refractivity contribution is 5.89. The second kappa shape index (κ2) is 7.06. The lowest BCUT2D eigenvalue weighted by Crippen LogP contribution is -2.22. The highest BCUT2D eigenvalue weighted by Gasteiger charge is 2.28. The molecule has 9 nitrogen and oxygen atoms in total. The van der Waals surface area contributed by atoms with Gasteiger partial charge in [0.05, 0.1) is 25.0 Å². The zero-order valence-corrected chi connectivity index (χ0v) is 13.8. The summed E-state index contributed by atoms with van der Waals surface area (Å²) in [5.41, 5.74) is 7.47. The number of aromatic nitrogens is 4. The molecule has 1 aliphatic rings. The minimum absolute atomic E-state index is 0.0318. The van der Waals surface area contributed by atoms with E-state index in [2.05, 4.69) is 15.0 Å². The van der Waals surface area contributed by atoms with Crippen molar-refractivity contribution in [2.24, 2.45) is 0 Å². The van der Waals surface area contributed by atoms with Gasteiger partial charge in [0.15, 0.2) is 17.8 Å².